The Morgan fingerprint density at radius 2 is 1.61 bits per heavy atom. The van der Waals surface area contributed by atoms with Crippen LogP contribution >= 0.6 is 0 Å². The van der Waals surface area contributed by atoms with Gasteiger partial charge in [0.15, 0.2) is 11.7 Å². The number of Topliss-reactive ketones (excluding diaryl/α,β-unsaturated/α-hetero) is 2. The van der Waals surface area contributed by atoms with Gasteiger partial charge in [0.1, 0.15) is 29.5 Å². The van der Waals surface area contributed by atoms with Crippen LogP contribution in [0.4, 0.5) is 4.79 Å². The molecule has 3 aliphatic carbocycles. The van der Waals surface area contributed by atoms with Gasteiger partial charge < -0.3 is 44.0 Å². The number of carbonyl (C=O) groups excluding carboxylic acids is 6. The highest BCUT2D eigenvalue weighted by molar-refractivity contribution is 6.40. The first-order chi connectivity index (χ1) is 28.7. The molecule has 12 atom stereocenters. The molecular formula is C44H55NO14. The lowest BCUT2D eigenvalue weighted by Gasteiger charge is -2.68. The van der Waals surface area contributed by atoms with Crippen molar-refractivity contribution in [2.45, 2.75) is 122 Å². The molecule has 4 fully saturated rings. The number of carbonyl (C=O) groups is 6. The molecule has 0 spiro atoms. The fourth-order valence-corrected chi connectivity index (χ4v) is 10.0. The van der Waals surface area contributed by atoms with E-state index in [2.05, 4.69) is 5.32 Å². The van der Waals surface area contributed by atoms with Gasteiger partial charge >= 0.3 is 24.0 Å². The van der Waals surface area contributed by atoms with Gasteiger partial charge in [0.25, 0.3) is 0 Å². The van der Waals surface area contributed by atoms with Crippen molar-refractivity contribution in [3.63, 3.8) is 0 Å². The van der Waals surface area contributed by atoms with Gasteiger partial charge in [-0.3, -0.25) is 14.4 Å². The number of fused-ring (bicyclic) bond motifs is 5. The van der Waals surface area contributed by atoms with Crippen LogP contribution in [0.2, 0.25) is 0 Å². The third-order valence-corrected chi connectivity index (χ3v) is 13.0. The molecule has 3 saturated carbocycles. The summed E-state index contributed by atoms with van der Waals surface area (Å²) in [5, 5.41) is 27.8. The Labute approximate surface area is 347 Å². The Bertz CT molecular complexity index is 2070. The zero-order valence-corrected chi connectivity index (χ0v) is 34.4. The minimum atomic E-state index is -3.12. The average Bonchev–Trinajstić information content (AvgIpc) is 3.17. The zero-order valence-electron chi connectivity index (χ0n) is 37.4. The highest BCUT2D eigenvalue weighted by atomic mass is 16.6. The van der Waals surface area contributed by atoms with Crippen LogP contribution in [0.1, 0.15) is 94.3 Å². The summed E-state index contributed by atoms with van der Waals surface area (Å²) in [5.41, 5.74) is -8.92. The Morgan fingerprint density at radius 1 is 0.983 bits per heavy atom. The summed E-state index contributed by atoms with van der Waals surface area (Å²) in [6.07, 6.45) is -10.1. The maximum atomic E-state index is 15.3. The molecule has 3 N–H and O–H groups in total. The van der Waals surface area contributed by atoms with Crippen molar-refractivity contribution in [1.29, 1.82) is 0 Å². The van der Waals surface area contributed by atoms with Crippen LogP contribution in [0.5, 0.6) is 0 Å². The van der Waals surface area contributed by atoms with Crippen molar-refractivity contribution in [1.82, 2.24) is 5.32 Å². The average molecular weight is 825 g/mol. The molecule has 59 heavy (non-hydrogen) atoms. The van der Waals surface area contributed by atoms with Gasteiger partial charge in [-0.25, -0.2) is 14.4 Å². The van der Waals surface area contributed by atoms with Gasteiger partial charge in [-0.05, 0) is 45.4 Å². The predicted molar refractivity (Wildman–Crippen MR) is 207 cm³/mol. The highest BCUT2D eigenvalue weighted by Crippen LogP contribution is 2.65. The number of esters is 3. The molecule has 0 radical (unpaired) electrons. The van der Waals surface area contributed by atoms with Gasteiger partial charge in [0, 0.05) is 44.1 Å². The lowest BCUT2D eigenvalue weighted by atomic mass is 9.42. The molecule has 0 aromatic heterocycles. The molecule has 1 saturated heterocycles. The maximum absolute atomic E-state index is 15.3. The van der Waals surface area contributed by atoms with Crippen molar-refractivity contribution < 1.29 is 71.5 Å². The van der Waals surface area contributed by atoms with Crippen LogP contribution in [0.3, 0.4) is 0 Å². The molecule has 1 aliphatic heterocycles. The standard InChI is InChI=1S/C44H55NO14/c1-23-27(56-38(51)33(48)31(25-16-12-10-13-17-25)45-39(52)59-40(3,4)5)21-44(53)36(57-37(50)26-18-14-11-15-19-26)34-42(8,35(49)32(47)30(23)41(44,6)7)28(54-9)20-29-43(34,22-55-29)58-24(2)46/h10-19,23,27-31,33-34,36,48,53H,20-22H2,1-9H3,(H,45,52)/t23?,27-,28-,29+,30?,31-,33+,34-,36-,42+,43-,44+/m0/s1/i9D3. The Balaban J connectivity index is 1.50. The first-order valence-corrected chi connectivity index (χ1v) is 19.7. The predicted octanol–water partition coefficient (Wildman–Crippen LogP) is 4.06. The lowest BCUT2D eigenvalue weighted by Crippen LogP contribution is -2.82. The highest BCUT2D eigenvalue weighted by Gasteiger charge is 2.79. The number of ketones is 2. The fraction of sp³-hybridized carbons (Fsp3) is 0.591. The van der Waals surface area contributed by atoms with E-state index in [4.69, 9.17) is 32.5 Å². The van der Waals surface area contributed by atoms with Crippen molar-refractivity contribution in [2.24, 2.45) is 28.6 Å². The topological polar surface area (TPSA) is 210 Å². The third kappa shape index (κ3) is 7.44. The number of hydrogen-bond acceptors (Lipinski definition) is 14. The summed E-state index contributed by atoms with van der Waals surface area (Å²) < 4.78 is 59.4. The lowest BCUT2D eigenvalue weighted by molar-refractivity contribution is -0.351. The molecule has 2 unspecified atom stereocenters. The third-order valence-electron chi connectivity index (χ3n) is 13.0. The quantitative estimate of drug-likeness (QED) is 0.185. The summed E-state index contributed by atoms with van der Waals surface area (Å²) >= 11 is 0. The molecule has 2 aromatic rings. The van der Waals surface area contributed by atoms with E-state index >= 15 is 9.59 Å². The Hall–Kier alpha value is -4.70. The molecule has 2 aromatic carbocycles. The van der Waals surface area contributed by atoms with Gasteiger partial charge in [0.05, 0.1) is 39.8 Å². The van der Waals surface area contributed by atoms with Gasteiger partial charge in [-0.2, -0.15) is 0 Å². The Morgan fingerprint density at radius 3 is 2.17 bits per heavy atom. The van der Waals surface area contributed by atoms with E-state index in [1.807, 2.05) is 0 Å². The van der Waals surface area contributed by atoms with Crippen LogP contribution in [0.25, 0.3) is 0 Å². The number of aliphatic hydroxyl groups excluding tert-OH is 1. The van der Waals surface area contributed by atoms with E-state index in [0.717, 1.165) is 6.92 Å². The number of amides is 1. The van der Waals surface area contributed by atoms with E-state index in [1.165, 1.54) is 39.8 Å². The molecule has 15 heteroatoms. The van der Waals surface area contributed by atoms with E-state index in [0.29, 0.717) is 5.56 Å². The van der Waals surface area contributed by atoms with Crippen LogP contribution in [0.15, 0.2) is 60.7 Å². The molecule has 1 amide bonds. The first kappa shape index (κ1) is 39.7. The summed E-state index contributed by atoms with van der Waals surface area (Å²) in [7, 11) is -3.12. The smallest absolute Gasteiger partial charge is 0.408 e. The SMILES string of the molecule is [2H]C([2H])([2H])O[C@H]1C[C@H]2OC[C@@]2(OC(C)=O)[C@H]2[C@H](OC(=O)c3ccccc3)[C@]3(O)C[C@H](OC(=O)[C@H](O)[C@@H](NC(=O)OC(C)(C)C)c4ccccc4)C(C)C(C(=O)C(=O)[C@]12C)C3(C)C. The zero-order chi connectivity index (χ0) is 46.0. The monoisotopic (exact) mass is 824 g/mol. The van der Waals surface area contributed by atoms with Crippen molar-refractivity contribution in [3.8, 4) is 0 Å². The summed E-state index contributed by atoms with van der Waals surface area (Å²) in [4.78, 5) is 84.8. The second kappa shape index (κ2) is 15.7. The largest absolute Gasteiger partial charge is 0.460 e. The number of aliphatic hydroxyl groups is 2. The molecular weight excluding hydrogens is 766 g/mol. The second-order valence-electron chi connectivity index (χ2n) is 18.0. The van der Waals surface area contributed by atoms with Crippen LogP contribution in [0, 0.1) is 28.6 Å². The molecule has 6 rings (SSSR count). The van der Waals surface area contributed by atoms with Gasteiger partial charge in [0.2, 0.25) is 11.6 Å². The van der Waals surface area contributed by atoms with Crippen molar-refractivity contribution in [3.05, 3.63) is 71.8 Å². The molecule has 4 aliphatic rings. The number of nitrogens with one attached hydrogen (secondary N) is 1. The van der Waals surface area contributed by atoms with Gasteiger partial charge in [-0.1, -0.05) is 69.3 Å². The minimum absolute atomic E-state index is 0.0189. The number of benzene rings is 2. The fourth-order valence-electron chi connectivity index (χ4n) is 10.0. The van der Waals surface area contributed by atoms with E-state index in [1.54, 1.807) is 69.3 Å². The van der Waals surface area contributed by atoms with Crippen molar-refractivity contribution >= 4 is 35.6 Å². The normalized spacial score (nSPS) is 35.5. The van der Waals surface area contributed by atoms with E-state index in [-0.39, 0.29) is 12.0 Å². The number of rotatable bonds is 9. The van der Waals surface area contributed by atoms with Crippen LogP contribution in [-0.4, -0.2) is 107 Å². The number of ether oxygens (including phenoxy) is 6. The summed E-state index contributed by atoms with van der Waals surface area (Å²) in [5.74, 6) is -9.63. The maximum Gasteiger partial charge on any atom is 0.408 e. The van der Waals surface area contributed by atoms with Crippen molar-refractivity contribution in [2.75, 3.05) is 13.6 Å². The van der Waals surface area contributed by atoms with E-state index < -0.39 is 138 Å². The summed E-state index contributed by atoms with van der Waals surface area (Å²) in [6, 6.07) is 14.3. The number of hydrogen-bond donors (Lipinski definition) is 3. The molecule has 1 heterocycles. The molecule has 15 nitrogen and oxygen atoms in total. The molecule has 2 bridgehead atoms. The van der Waals surface area contributed by atoms with Crippen LogP contribution < -0.4 is 5.32 Å². The second-order valence-corrected chi connectivity index (χ2v) is 18.0. The summed E-state index contributed by atoms with van der Waals surface area (Å²) in [6.45, 7) is 11.4. The number of methoxy groups -OCH3 is 1. The van der Waals surface area contributed by atoms with Gasteiger partial charge in [-0.15, -0.1) is 0 Å². The van der Waals surface area contributed by atoms with E-state index in [9.17, 15) is 29.4 Å². The first-order valence-electron chi connectivity index (χ1n) is 21.2. The Kier molecular flexibility index (Phi) is 10.6. The molecule has 320 valence electrons. The van der Waals surface area contributed by atoms with Crippen LogP contribution in [-0.2, 0) is 47.6 Å². The minimum Gasteiger partial charge on any atom is -0.460 e. The number of alkyl carbamates (subject to hydrolysis) is 1.